The minimum atomic E-state index is -3.40. The molecule has 0 bridgehead atoms. The van der Waals surface area contributed by atoms with Gasteiger partial charge in [-0.05, 0) is 6.07 Å². The largest absolute Gasteiger partial charge is 0.352 e. The number of hydrogen-bond donors (Lipinski definition) is 0. The van der Waals surface area contributed by atoms with E-state index in [2.05, 4.69) is 6.58 Å². The normalized spacial score (nSPS) is 17.7. The van der Waals surface area contributed by atoms with Crippen LogP contribution in [0.15, 0.2) is 36.9 Å². The number of halogens is 2. The van der Waals surface area contributed by atoms with Crippen LogP contribution >= 0.6 is 0 Å². The van der Waals surface area contributed by atoms with Crippen molar-refractivity contribution in [3.05, 3.63) is 42.5 Å². The molecule has 2 nitrogen and oxygen atoms in total. The zero-order valence-corrected chi connectivity index (χ0v) is 7.91. The molecule has 0 unspecified atom stereocenters. The van der Waals surface area contributed by atoms with Crippen LogP contribution in [0, 0.1) is 0 Å². The Bertz CT molecular complexity index is 428. The van der Waals surface area contributed by atoms with Gasteiger partial charge in [-0.15, -0.1) is 6.58 Å². The minimum absolute atomic E-state index is 0.103. The fourth-order valence-electron chi connectivity index (χ4n) is 1.68. The second-order valence-electron chi connectivity index (χ2n) is 3.30. The van der Waals surface area contributed by atoms with Crippen molar-refractivity contribution in [1.29, 1.82) is 0 Å². The molecule has 1 aromatic carbocycles. The van der Waals surface area contributed by atoms with Gasteiger partial charge >= 0.3 is 11.8 Å². The molecule has 0 aromatic heterocycles. The average molecular weight is 209 g/mol. The van der Waals surface area contributed by atoms with E-state index in [1.165, 1.54) is 24.3 Å². The first-order valence-electron chi connectivity index (χ1n) is 4.49. The topological polar surface area (TPSA) is 20.3 Å². The third kappa shape index (κ3) is 1.25. The van der Waals surface area contributed by atoms with Crippen molar-refractivity contribution in [2.45, 2.75) is 5.92 Å². The fraction of sp³-hybridized carbons (Fsp3) is 0.182. The number of carbonyl (C=O) groups excluding carboxylic acids is 1. The average Bonchev–Trinajstić information content (AvgIpc) is 2.42. The van der Waals surface area contributed by atoms with Crippen molar-refractivity contribution in [2.75, 3.05) is 11.4 Å². The molecule has 0 radical (unpaired) electrons. The van der Waals surface area contributed by atoms with Crippen LogP contribution < -0.4 is 4.90 Å². The second-order valence-corrected chi connectivity index (χ2v) is 3.30. The molecule has 4 heteroatoms. The predicted molar refractivity (Wildman–Crippen MR) is 52.9 cm³/mol. The molecule has 15 heavy (non-hydrogen) atoms. The molecule has 0 N–H and O–H groups in total. The van der Waals surface area contributed by atoms with Gasteiger partial charge in [0.1, 0.15) is 0 Å². The van der Waals surface area contributed by atoms with Crippen LogP contribution in [0.2, 0.25) is 0 Å². The van der Waals surface area contributed by atoms with Gasteiger partial charge < -0.3 is 4.90 Å². The van der Waals surface area contributed by atoms with Gasteiger partial charge in [0, 0.05) is 6.54 Å². The summed E-state index contributed by atoms with van der Waals surface area (Å²) in [6.45, 7) is 3.54. The van der Waals surface area contributed by atoms with E-state index in [0.717, 1.165) is 4.90 Å². The number of anilines is 1. The van der Waals surface area contributed by atoms with Crippen molar-refractivity contribution in [3.63, 3.8) is 0 Å². The lowest BCUT2D eigenvalue weighted by atomic mass is 10.1. The first-order valence-corrected chi connectivity index (χ1v) is 4.49. The lowest BCUT2D eigenvalue weighted by molar-refractivity contribution is -0.141. The number of para-hydroxylation sites is 1. The third-order valence-electron chi connectivity index (χ3n) is 2.36. The molecule has 0 fully saturated rings. The van der Waals surface area contributed by atoms with Gasteiger partial charge in [-0.2, -0.15) is 8.78 Å². The van der Waals surface area contributed by atoms with Gasteiger partial charge in [-0.25, -0.2) is 0 Å². The van der Waals surface area contributed by atoms with Crippen molar-refractivity contribution in [1.82, 2.24) is 0 Å². The number of fused-ring (bicyclic) bond motifs is 1. The van der Waals surface area contributed by atoms with E-state index in [9.17, 15) is 13.6 Å². The summed E-state index contributed by atoms with van der Waals surface area (Å²) in [5.41, 5.74) is 0.0456. The number of amides is 1. The molecule has 0 saturated heterocycles. The maximum absolute atomic E-state index is 13.5. The number of nitrogens with zero attached hydrogens (tertiary/aromatic N) is 1. The Balaban J connectivity index is 2.56. The van der Waals surface area contributed by atoms with Gasteiger partial charge in [0.15, 0.2) is 0 Å². The smallest absolute Gasteiger partial charge is 0.303 e. The Morgan fingerprint density at radius 1 is 1.40 bits per heavy atom. The number of benzene rings is 1. The Labute approximate surface area is 85.8 Å². The number of carbonyl (C=O) groups is 1. The Hall–Kier alpha value is -1.71. The van der Waals surface area contributed by atoms with Crippen LogP contribution in [-0.2, 0) is 10.7 Å². The van der Waals surface area contributed by atoms with Crippen LogP contribution in [0.1, 0.15) is 5.56 Å². The third-order valence-corrected chi connectivity index (χ3v) is 2.36. The summed E-state index contributed by atoms with van der Waals surface area (Å²) in [5.74, 6) is -4.58. The zero-order chi connectivity index (χ0) is 11.1. The summed E-state index contributed by atoms with van der Waals surface area (Å²) < 4.78 is 27.0. The highest BCUT2D eigenvalue weighted by molar-refractivity contribution is 6.05. The van der Waals surface area contributed by atoms with E-state index in [0.29, 0.717) is 0 Å². The Morgan fingerprint density at radius 2 is 2.07 bits per heavy atom. The molecule has 0 saturated carbocycles. The van der Waals surface area contributed by atoms with Crippen LogP contribution in [-0.4, -0.2) is 12.5 Å². The molecule has 0 spiro atoms. The van der Waals surface area contributed by atoms with Gasteiger partial charge in [0.2, 0.25) is 0 Å². The molecule has 0 aliphatic carbocycles. The molecular formula is C11H9F2NO. The van der Waals surface area contributed by atoms with Crippen LogP contribution in [0.25, 0.3) is 0 Å². The lowest BCUT2D eigenvalue weighted by Gasteiger charge is -2.14. The zero-order valence-electron chi connectivity index (χ0n) is 7.91. The van der Waals surface area contributed by atoms with E-state index in [1.54, 1.807) is 6.07 Å². The van der Waals surface area contributed by atoms with Crippen molar-refractivity contribution in [3.8, 4) is 0 Å². The summed E-state index contributed by atoms with van der Waals surface area (Å²) in [6.07, 6.45) is 1.43. The number of alkyl halides is 2. The van der Waals surface area contributed by atoms with Crippen LogP contribution in [0.3, 0.4) is 0 Å². The SMILES string of the molecule is C=CCN1C(=O)C(F)(F)c2ccccc21. The molecule has 0 atom stereocenters. The first-order chi connectivity index (χ1) is 7.09. The van der Waals surface area contributed by atoms with Gasteiger partial charge in [-0.1, -0.05) is 24.3 Å². The quantitative estimate of drug-likeness (QED) is 0.684. The molecule has 1 aliphatic heterocycles. The molecule has 2 rings (SSSR count). The van der Waals surface area contributed by atoms with E-state index in [4.69, 9.17) is 0 Å². The molecule has 78 valence electrons. The van der Waals surface area contributed by atoms with E-state index < -0.39 is 11.8 Å². The molecule has 1 amide bonds. The van der Waals surface area contributed by atoms with Crippen LogP contribution in [0.5, 0.6) is 0 Å². The van der Waals surface area contributed by atoms with Crippen LogP contribution in [0.4, 0.5) is 14.5 Å². The highest BCUT2D eigenvalue weighted by Gasteiger charge is 2.52. The second kappa shape index (κ2) is 3.15. The van der Waals surface area contributed by atoms with Gasteiger partial charge in [0.25, 0.3) is 0 Å². The summed E-state index contributed by atoms with van der Waals surface area (Å²) in [6, 6.07) is 5.91. The minimum Gasteiger partial charge on any atom is -0.303 e. The lowest BCUT2D eigenvalue weighted by Crippen LogP contribution is -2.34. The Morgan fingerprint density at radius 3 is 2.73 bits per heavy atom. The number of rotatable bonds is 2. The predicted octanol–water partition coefficient (Wildman–Crippen LogP) is 2.31. The highest BCUT2D eigenvalue weighted by atomic mass is 19.3. The monoisotopic (exact) mass is 209 g/mol. The van der Waals surface area contributed by atoms with Gasteiger partial charge in [-0.3, -0.25) is 4.79 Å². The van der Waals surface area contributed by atoms with E-state index in [-0.39, 0.29) is 17.8 Å². The summed E-state index contributed by atoms with van der Waals surface area (Å²) in [5, 5.41) is 0. The standard InChI is InChI=1S/C11H9F2NO/c1-2-7-14-9-6-4-3-5-8(9)11(12,13)10(14)15/h2-6H,1,7H2. The molecule has 1 heterocycles. The maximum atomic E-state index is 13.5. The highest BCUT2D eigenvalue weighted by Crippen LogP contribution is 2.43. The summed E-state index contributed by atoms with van der Waals surface area (Å²) in [4.78, 5) is 12.4. The molecule has 1 aromatic rings. The van der Waals surface area contributed by atoms with Crippen molar-refractivity contribution < 1.29 is 13.6 Å². The summed E-state index contributed by atoms with van der Waals surface area (Å²) >= 11 is 0. The van der Waals surface area contributed by atoms with E-state index in [1.807, 2.05) is 0 Å². The Kier molecular flexibility index (Phi) is 2.07. The van der Waals surface area contributed by atoms with Crippen molar-refractivity contribution in [2.24, 2.45) is 0 Å². The summed E-state index contributed by atoms with van der Waals surface area (Å²) in [7, 11) is 0. The van der Waals surface area contributed by atoms with Crippen molar-refractivity contribution >= 4 is 11.6 Å². The molecule has 1 aliphatic rings. The first kappa shape index (κ1) is 9.83. The fourth-order valence-corrected chi connectivity index (χ4v) is 1.68. The van der Waals surface area contributed by atoms with E-state index >= 15 is 0 Å². The van der Waals surface area contributed by atoms with Gasteiger partial charge in [0.05, 0.1) is 11.3 Å². The maximum Gasteiger partial charge on any atom is 0.352 e. The molecular weight excluding hydrogens is 200 g/mol. The number of hydrogen-bond acceptors (Lipinski definition) is 1.